The van der Waals surface area contributed by atoms with Gasteiger partial charge in [0.25, 0.3) is 0 Å². The van der Waals surface area contributed by atoms with Gasteiger partial charge in [-0.1, -0.05) is 6.92 Å². The summed E-state index contributed by atoms with van der Waals surface area (Å²) in [5.41, 5.74) is 1.26. The van der Waals surface area contributed by atoms with Crippen LogP contribution in [0.15, 0.2) is 16.7 Å². The number of hydrogen-bond acceptors (Lipinski definition) is 2. The lowest BCUT2D eigenvalue weighted by Crippen LogP contribution is -2.35. The maximum atomic E-state index is 4.48. The van der Waals surface area contributed by atoms with Crippen molar-refractivity contribution in [1.29, 1.82) is 0 Å². The van der Waals surface area contributed by atoms with Crippen LogP contribution in [0.5, 0.6) is 0 Å². The van der Waals surface area contributed by atoms with E-state index in [1.807, 2.05) is 12.3 Å². The van der Waals surface area contributed by atoms with Crippen molar-refractivity contribution in [3.05, 3.63) is 22.3 Å². The lowest BCUT2D eigenvalue weighted by molar-refractivity contribution is 0.444. The molecule has 1 unspecified atom stereocenters. The molecule has 0 saturated carbocycles. The molecule has 0 spiro atoms. The Labute approximate surface area is 99.8 Å². The van der Waals surface area contributed by atoms with Crippen molar-refractivity contribution in [3.8, 4) is 0 Å². The van der Waals surface area contributed by atoms with Crippen LogP contribution < -0.4 is 4.90 Å². The molecule has 0 radical (unpaired) electrons. The van der Waals surface area contributed by atoms with E-state index in [0.29, 0.717) is 0 Å². The van der Waals surface area contributed by atoms with E-state index in [1.165, 1.54) is 18.4 Å². The predicted octanol–water partition coefficient (Wildman–Crippen LogP) is 3.39. The largest absolute Gasteiger partial charge is 0.355 e. The van der Waals surface area contributed by atoms with Gasteiger partial charge >= 0.3 is 0 Å². The summed E-state index contributed by atoms with van der Waals surface area (Å²) in [5, 5.41) is 0. The molecule has 1 aliphatic rings. The molecule has 1 aromatic rings. The molecule has 1 aromatic heterocycles. The molecule has 3 heteroatoms. The number of hydrogen-bond donors (Lipinski definition) is 0. The fourth-order valence-electron chi connectivity index (χ4n) is 2.13. The topological polar surface area (TPSA) is 16.1 Å². The molecule has 1 fully saturated rings. The summed E-state index contributed by atoms with van der Waals surface area (Å²) in [6.07, 6.45) is 4.53. The molecule has 0 amide bonds. The van der Waals surface area contributed by atoms with E-state index in [0.717, 1.165) is 29.3 Å². The van der Waals surface area contributed by atoms with Crippen molar-refractivity contribution in [3.63, 3.8) is 0 Å². The number of nitrogens with zero attached hydrogens (tertiary/aromatic N) is 2. The highest BCUT2D eigenvalue weighted by Crippen LogP contribution is 2.29. The minimum Gasteiger partial charge on any atom is -0.355 e. The Hall–Kier alpha value is -0.570. The van der Waals surface area contributed by atoms with Gasteiger partial charge < -0.3 is 4.90 Å². The van der Waals surface area contributed by atoms with Crippen LogP contribution in [-0.4, -0.2) is 18.1 Å². The van der Waals surface area contributed by atoms with Crippen LogP contribution in [-0.2, 0) is 0 Å². The summed E-state index contributed by atoms with van der Waals surface area (Å²) >= 11 is 3.63. The minimum atomic E-state index is 0.785. The molecule has 2 heterocycles. The fraction of sp³-hybridized carbons (Fsp3) is 0.583. The van der Waals surface area contributed by atoms with Gasteiger partial charge in [0.2, 0.25) is 0 Å². The van der Waals surface area contributed by atoms with Crippen LogP contribution in [0.2, 0.25) is 0 Å². The van der Waals surface area contributed by atoms with E-state index < -0.39 is 0 Å². The van der Waals surface area contributed by atoms with Crippen molar-refractivity contribution in [2.75, 3.05) is 18.0 Å². The van der Waals surface area contributed by atoms with Gasteiger partial charge in [-0.15, -0.1) is 0 Å². The third-order valence-corrected chi connectivity index (χ3v) is 4.00. The Balaban J connectivity index is 2.24. The molecule has 2 rings (SSSR count). The van der Waals surface area contributed by atoms with Gasteiger partial charge in [-0.25, -0.2) is 4.98 Å². The first-order valence-electron chi connectivity index (χ1n) is 5.54. The van der Waals surface area contributed by atoms with Gasteiger partial charge in [-0.3, -0.25) is 0 Å². The number of halogens is 1. The van der Waals surface area contributed by atoms with Crippen LogP contribution in [0.4, 0.5) is 5.82 Å². The van der Waals surface area contributed by atoms with E-state index in [9.17, 15) is 0 Å². The van der Waals surface area contributed by atoms with Gasteiger partial charge in [0, 0.05) is 19.3 Å². The van der Waals surface area contributed by atoms with E-state index >= 15 is 0 Å². The monoisotopic (exact) mass is 268 g/mol. The molecule has 0 aromatic carbocycles. The summed E-state index contributed by atoms with van der Waals surface area (Å²) in [4.78, 5) is 6.87. The lowest BCUT2D eigenvalue weighted by atomic mass is 10.0. The predicted molar refractivity (Wildman–Crippen MR) is 67.3 cm³/mol. The molecule has 0 aliphatic carbocycles. The molecule has 2 nitrogen and oxygen atoms in total. The van der Waals surface area contributed by atoms with Crippen molar-refractivity contribution in [2.24, 2.45) is 5.92 Å². The number of aromatic nitrogens is 1. The van der Waals surface area contributed by atoms with Gasteiger partial charge in [0.05, 0.1) is 4.47 Å². The minimum absolute atomic E-state index is 0.785. The van der Waals surface area contributed by atoms with Gasteiger partial charge in [0.15, 0.2) is 0 Å². The maximum absolute atomic E-state index is 4.48. The molecule has 1 aliphatic heterocycles. The SMILES string of the molecule is Cc1ccnc(N2CCCC(C)C2)c1Br. The number of anilines is 1. The molecule has 1 saturated heterocycles. The first-order valence-corrected chi connectivity index (χ1v) is 6.34. The first-order chi connectivity index (χ1) is 7.18. The quantitative estimate of drug-likeness (QED) is 0.776. The van der Waals surface area contributed by atoms with Gasteiger partial charge in [0.1, 0.15) is 5.82 Å². The average Bonchev–Trinajstić information content (AvgIpc) is 2.22. The molecule has 15 heavy (non-hydrogen) atoms. The zero-order valence-corrected chi connectivity index (χ0v) is 10.9. The number of aryl methyl sites for hydroxylation is 1. The Morgan fingerprint density at radius 1 is 1.53 bits per heavy atom. The zero-order chi connectivity index (χ0) is 10.8. The molecule has 0 bridgehead atoms. The Bertz CT molecular complexity index is 351. The highest BCUT2D eigenvalue weighted by molar-refractivity contribution is 9.10. The smallest absolute Gasteiger partial charge is 0.143 e. The van der Waals surface area contributed by atoms with Crippen LogP contribution in [0.3, 0.4) is 0 Å². The maximum Gasteiger partial charge on any atom is 0.143 e. The van der Waals surface area contributed by atoms with E-state index in [4.69, 9.17) is 0 Å². The standard InChI is InChI=1S/C12H17BrN2/c1-9-4-3-7-15(8-9)12-11(13)10(2)5-6-14-12/h5-6,9H,3-4,7-8H2,1-2H3. The first kappa shape index (κ1) is 10.9. The van der Waals surface area contributed by atoms with Crippen molar-refractivity contribution in [2.45, 2.75) is 26.7 Å². The third kappa shape index (κ3) is 2.33. The van der Waals surface area contributed by atoms with Crippen LogP contribution in [0.1, 0.15) is 25.3 Å². The molecular formula is C12H17BrN2. The number of rotatable bonds is 1. The van der Waals surface area contributed by atoms with E-state index in [1.54, 1.807) is 0 Å². The summed E-state index contributed by atoms with van der Waals surface area (Å²) in [6.45, 7) is 6.70. The number of pyridine rings is 1. The molecule has 82 valence electrons. The van der Waals surface area contributed by atoms with Gasteiger partial charge in [-0.05, 0) is 53.2 Å². The highest BCUT2D eigenvalue weighted by Gasteiger charge is 2.19. The van der Waals surface area contributed by atoms with E-state index in [2.05, 4.69) is 39.7 Å². The van der Waals surface area contributed by atoms with E-state index in [-0.39, 0.29) is 0 Å². The van der Waals surface area contributed by atoms with Crippen molar-refractivity contribution in [1.82, 2.24) is 4.98 Å². The summed E-state index contributed by atoms with van der Waals surface area (Å²) in [5.74, 6) is 1.90. The summed E-state index contributed by atoms with van der Waals surface area (Å²) in [6, 6.07) is 2.04. The number of piperidine rings is 1. The lowest BCUT2D eigenvalue weighted by Gasteiger charge is -2.32. The van der Waals surface area contributed by atoms with Gasteiger partial charge in [-0.2, -0.15) is 0 Å². The summed E-state index contributed by atoms with van der Waals surface area (Å²) < 4.78 is 1.15. The average molecular weight is 269 g/mol. The Morgan fingerprint density at radius 3 is 3.07 bits per heavy atom. The zero-order valence-electron chi connectivity index (χ0n) is 9.33. The molecule has 1 atom stereocenters. The van der Waals surface area contributed by atoms with Crippen molar-refractivity contribution >= 4 is 21.7 Å². The highest BCUT2D eigenvalue weighted by atomic mass is 79.9. The Morgan fingerprint density at radius 2 is 2.33 bits per heavy atom. The Kier molecular flexibility index (Phi) is 3.29. The third-order valence-electron chi connectivity index (χ3n) is 3.02. The van der Waals surface area contributed by atoms with Crippen LogP contribution in [0, 0.1) is 12.8 Å². The molecular weight excluding hydrogens is 252 g/mol. The second-order valence-electron chi connectivity index (χ2n) is 4.46. The second-order valence-corrected chi connectivity index (χ2v) is 5.25. The summed E-state index contributed by atoms with van der Waals surface area (Å²) in [7, 11) is 0. The van der Waals surface area contributed by atoms with Crippen molar-refractivity contribution < 1.29 is 0 Å². The normalized spacial score (nSPS) is 21.8. The second kappa shape index (κ2) is 4.52. The van der Waals surface area contributed by atoms with Crippen LogP contribution in [0.25, 0.3) is 0 Å². The molecule has 0 N–H and O–H groups in total. The van der Waals surface area contributed by atoms with Crippen LogP contribution >= 0.6 is 15.9 Å². The fourth-order valence-corrected chi connectivity index (χ4v) is 2.61.